The van der Waals surface area contributed by atoms with Crippen molar-refractivity contribution in [3.8, 4) is 10.6 Å². The molecule has 0 unspecified atom stereocenters. The van der Waals surface area contributed by atoms with Crippen LogP contribution in [0.25, 0.3) is 10.6 Å². The SMILES string of the molecule is CCOC(=O)C1CCN(C(=O)CN(C)C(=O)Cc2csc(-c3cccnc3)n2)CC1. The summed E-state index contributed by atoms with van der Waals surface area (Å²) >= 11 is 1.46. The van der Waals surface area contributed by atoms with Gasteiger partial charge in [-0.2, -0.15) is 0 Å². The fraction of sp³-hybridized carbons (Fsp3) is 0.476. The molecule has 9 heteroatoms. The molecule has 0 aromatic carbocycles. The lowest BCUT2D eigenvalue weighted by Crippen LogP contribution is -2.46. The predicted molar refractivity (Wildman–Crippen MR) is 113 cm³/mol. The summed E-state index contributed by atoms with van der Waals surface area (Å²) in [6.45, 7) is 3.18. The van der Waals surface area contributed by atoms with Gasteiger partial charge in [-0.15, -0.1) is 11.3 Å². The molecule has 2 aromatic heterocycles. The third kappa shape index (κ3) is 5.63. The predicted octanol–water partition coefficient (Wildman–Crippen LogP) is 2.01. The number of carbonyl (C=O) groups is 3. The highest BCUT2D eigenvalue weighted by molar-refractivity contribution is 7.13. The Morgan fingerprint density at radius 3 is 2.73 bits per heavy atom. The van der Waals surface area contributed by atoms with E-state index in [0.29, 0.717) is 38.2 Å². The van der Waals surface area contributed by atoms with E-state index in [1.165, 1.54) is 16.2 Å². The number of hydrogen-bond donors (Lipinski definition) is 0. The van der Waals surface area contributed by atoms with Gasteiger partial charge in [0.2, 0.25) is 11.8 Å². The number of aromatic nitrogens is 2. The van der Waals surface area contributed by atoms with Crippen LogP contribution >= 0.6 is 11.3 Å². The Morgan fingerprint density at radius 2 is 2.07 bits per heavy atom. The summed E-state index contributed by atoms with van der Waals surface area (Å²) in [4.78, 5) is 48.6. The highest BCUT2D eigenvalue weighted by Crippen LogP contribution is 2.23. The van der Waals surface area contributed by atoms with Crippen molar-refractivity contribution < 1.29 is 19.1 Å². The molecule has 3 heterocycles. The average Bonchev–Trinajstić information content (AvgIpc) is 3.23. The number of esters is 1. The fourth-order valence-electron chi connectivity index (χ4n) is 3.32. The normalized spacial score (nSPS) is 14.4. The Hall–Kier alpha value is -2.81. The van der Waals surface area contributed by atoms with E-state index in [4.69, 9.17) is 4.74 Å². The minimum Gasteiger partial charge on any atom is -0.466 e. The molecule has 2 amide bonds. The quantitative estimate of drug-likeness (QED) is 0.624. The first kappa shape index (κ1) is 21.9. The number of pyridine rings is 1. The Morgan fingerprint density at radius 1 is 1.30 bits per heavy atom. The van der Waals surface area contributed by atoms with E-state index in [0.717, 1.165) is 10.6 Å². The number of ether oxygens (including phenoxy) is 1. The van der Waals surface area contributed by atoms with Gasteiger partial charge in [-0.3, -0.25) is 19.4 Å². The van der Waals surface area contributed by atoms with Crippen LogP contribution in [0, 0.1) is 5.92 Å². The van der Waals surface area contributed by atoms with E-state index in [2.05, 4.69) is 9.97 Å². The van der Waals surface area contributed by atoms with Gasteiger partial charge in [-0.25, -0.2) is 4.98 Å². The zero-order valence-corrected chi connectivity index (χ0v) is 18.1. The molecule has 0 bridgehead atoms. The standard InChI is InChI=1S/C21H26N4O4S/c1-3-29-21(28)15-6-9-25(10-7-15)19(27)13-24(2)18(26)11-17-14-30-20(23-17)16-5-4-8-22-12-16/h4-5,8,12,14-15H,3,6-7,9-11,13H2,1-2H3. The van der Waals surface area contributed by atoms with Crippen molar-refractivity contribution in [2.45, 2.75) is 26.2 Å². The summed E-state index contributed by atoms with van der Waals surface area (Å²) in [6.07, 6.45) is 4.77. The first-order valence-electron chi connectivity index (χ1n) is 10.0. The first-order chi connectivity index (χ1) is 14.5. The maximum Gasteiger partial charge on any atom is 0.309 e. The lowest BCUT2D eigenvalue weighted by molar-refractivity contribution is -0.151. The average molecular weight is 431 g/mol. The van der Waals surface area contributed by atoms with Crippen molar-refractivity contribution >= 4 is 29.1 Å². The Labute approximate surface area is 179 Å². The van der Waals surface area contributed by atoms with Crippen molar-refractivity contribution in [1.82, 2.24) is 19.8 Å². The number of thiazole rings is 1. The number of likely N-dealkylation sites (N-methyl/N-ethyl adjacent to an activating group) is 1. The van der Waals surface area contributed by atoms with E-state index in [9.17, 15) is 14.4 Å². The molecular formula is C21H26N4O4S. The molecule has 160 valence electrons. The third-order valence-corrected chi connectivity index (χ3v) is 6.00. The molecule has 0 aliphatic carbocycles. The number of amides is 2. The molecule has 2 aromatic rings. The van der Waals surface area contributed by atoms with Crippen LogP contribution in [0.5, 0.6) is 0 Å². The molecule has 0 N–H and O–H groups in total. The second-order valence-corrected chi connectivity index (χ2v) is 8.08. The van der Waals surface area contributed by atoms with Gasteiger partial charge in [0.25, 0.3) is 0 Å². The van der Waals surface area contributed by atoms with E-state index in [1.807, 2.05) is 17.5 Å². The maximum atomic E-state index is 12.6. The van der Waals surface area contributed by atoms with E-state index >= 15 is 0 Å². The molecule has 3 rings (SSSR count). The summed E-state index contributed by atoms with van der Waals surface area (Å²) in [6, 6.07) is 3.77. The zero-order chi connectivity index (χ0) is 21.5. The summed E-state index contributed by atoms with van der Waals surface area (Å²) in [5.41, 5.74) is 1.59. The minimum absolute atomic E-state index is 0.0164. The van der Waals surface area contributed by atoms with Gasteiger partial charge in [-0.05, 0) is 31.9 Å². The summed E-state index contributed by atoms with van der Waals surface area (Å²) in [5, 5.41) is 2.67. The van der Waals surface area contributed by atoms with Crippen molar-refractivity contribution in [2.24, 2.45) is 5.92 Å². The molecular weight excluding hydrogens is 404 g/mol. The molecule has 0 spiro atoms. The van der Waals surface area contributed by atoms with Crippen molar-refractivity contribution in [1.29, 1.82) is 0 Å². The van der Waals surface area contributed by atoms with Gasteiger partial charge >= 0.3 is 5.97 Å². The van der Waals surface area contributed by atoms with Gasteiger partial charge in [0, 0.05) is 43.5 Å². The Balaban J connectivity index is 1.47. The lowest BCUT2D eigenvalue weighted by atomic mass is 9.97. The molecule has 1 saturated heterocycles. The number of carbonyl (C=O) groups excluding carboxylic acids is 3. The molecule has 1 aliphatic heterocycles. The molecule has 1 aliphatic rings. The van der Waals surface area contributed by atoms with E-state index in [-0.39, 0.29) is 36.7 Å². The number of hydrogen-bond acceptors (Lipinski definition) is 7. The zero-order valence-electron chi connectivity index (χ0n) is 17.2. The van der Waals surface area contributed by atoms with Crippen LogP contribution in [-0.4, -0.2) is 70.8 Å². The monoisotopic (exact) mass is 430 g/mol. The second kappa shape index (κ2) is 10.3. The van der Waals surface area contributed by atoms with Crippen LogP contribution in [0.4, 0.5) is 0 Å². The summed E-state index contributed by atoms with van der Waals surface area (Å²) in [5.74, 6) is -0.604. The van der Waals surface area contributed by atoms with Crippen LogP contribution < -0.4 is 0 Å². The highest BCUT2D eigenvalue weighted by Gasteiger charge is 2.29. The van der Waals surface area contributed by atoms with E-state index < -0.39 is 0 Å². The maximum absolute atomic E-state index is 12.6. The van der Waals surface area contributed by atoms with Crippen molar-refractivity contribution in [2.75, 3.05) is 33.3 Å². The topological polar surface area (TPSA) is 92.7 Å². The lowest BCUT2D eigenvalue weighted by Gasteiger charge is -2.32. The number of likely N-dealkylation sites (tertiary alicyclic amines) is 1. The van der Waals surface area contributed by atoms with Crippen LogP contribution in [-0.2, 0) is 25.5 Å². The van der Waals surface area contributed by atoms with Gasteiger partial charge in [0.05, 0.1) is 31.2 Å². The molecule has 8 nitrogen and oxygen atoms in total. The third-order valence-electron chi connectivity index (χ3n) is 5.06. The van der Waals surface area contributed by atoms with Gasteiger partial charge in [0.1, 0.15) is 5.01 Å². The Bertz CT molecular complexity index is 878. The van der Waals surface area contributed by atoms with Crippen molar-refractivity contribution in [3.05, 3.63) is 35.6 Å². The van der Waals surface area contributed by atoms with Crippen LogP contribution in [0.15, 0.2) is 29.9 Å². The van der Waals surface area contributed by atoms with Crippen molar-refractivity contribution in [3.63, 3.8) is 0 Å². The summed E-state index contributed by atoms with van der Waals surface area (Å²) < 4.78 is 5.06. The van der Waals surface area contributed by atoms with Gasteiger partial charge < -0.3 is 14.5 Å². The molecule has 0 radical (unpaired) electrons. The minimum atomic E-state index is -0.189. The van der Waals surface area contributed by atoms with Gasteiger partial charge in [0.15, 0.2) is 0 Å². The van der Waals surface area contributed by atoms with Crippen LogP contribution in [0.3, 0.4) is 0 Å². The fourth-order valence-corrected chi connectivity index (χ4v) is 4.13. The van der Waals surface area contributed by atoms with E-state index in [1.54, 1.807) is 31.3 Å². The molecule has 1 fully saturated rings. The first-order valence-corrected chi connectivity index (χ1v) is 10.9. The highest BCUT2D eigenvalue weighted by atomic mass is 32.1. The molecule has 0 saturated carbocycles. The Kier molecular flexibility index (Phi) is 7.51. The largest absolute Gasteiger partial charge is 0.466 e. The smallest absolute Gasteiger partial charge is 0.309 e. The number of piperidine rings is 1. The number of rotatable bonds is 7. The molecule has 30 heavy (non-hydrogen) atoms. The summed E-state index contributed by atoms with van der Waals surface area (Å²) in [7, 11) is 1.62. The van der Waals surface area contributed by atoms with Crippen LogP contribution in [0.2, 0.25) is 0 Å². The number of nitrogens with zero attached hydrogens (tertiary/aromatic N) is 4. The second-order valence-electron chi connectivity index (χ2n) is 7.22. The van der Waals surface area contributed by atoms with Crippen LogP contribution in [0.1, 0.15) is 25.5 Å². The van der Waals surface area contributed by atoms with Gasteiger partial charge in [-0.1, -0.05) is 0 Å². The molecule has 0 atom stereocenters.